The maximum absolute atomic E-state index is 12.7. The number of amides is 2. The van der Waals surface area contributed by atoms with E-state index in [0.717, 1.165) is 23.6 Å². The Morgan fingerprint density at radius 1 is 0.800 bits per heavy atom. The van der Waals surface area contributed by atoms with Crippen molar-refractivity contribution < 1.29 is 9.59 Å². The summed E-state index contributed by atoms with van der Waals surface area (Å²) in [5, 5.41) is 9.03. The number of imide groups is 1. The van der Waals surface area contributed by atoms with Crippen molar-refractivity contribution in [2.75, 3.05) is 23.7 Å². The SMILES string of the molecule is Cc1ccc(Nc2ccc3c(c2)C(=CNc2ccc(CN4CCCCC4)cc2)C(=O)NC3=O)cc1. The number of benzene rings is 3. The highest BCUT2D eigenvalue weighted by molar-refractivity contribution is 6.31. The van der Waals surface area contributed by atoms with E-state index in [0.29, 0.717) is 16.7 Å². The number of hydrogen-bond acceptors (Lipinski definition) is 5. The first-order valence-corrected chi connectivity index (χ1v) is 12.2. The summed E-state index contributed by atoms with van der Waals surface area (Å²) in [5.41, 5.74) is 6.60. The van der Waals surface area contributed by atoms with E-state index in [-0.39, 0.29) is 5.91 Å². The van der Waals surface area contributed by atoms with Crippen LogP contribution in [0.1, 0.15) is 46.3 Å². The molecule has 1 saturated heterocycles. The summed E-state index contributed by atoms with van der Waals surface area (Å²) in [7, 11) is 0. The van der Waals surface area contributed by atoms with Gasteiger partial charge in [-0.1, -0.05) is 36.2 Å². The fraction of sp³-hybridized carbons (Fsp3) is 0.241. The van der Waals surface area contributed by atoms with Crippen LogP contribution in [0.15, 0.2) is 72.9 Å². The van der Waals surface area contributed by atoms with E-state index in [1.54, 1.807) is 12.3 Å². The second kappa shape index (κ2) is 10.2. The van der Waals surface area contributed by atoms with Crippen molar-refractivity contribution in [3.05, 3.63) is 95.2 Å². The zero-order valence-corrected chi connectivity index (χ0v) is 19.9. The van der Waals surface area contributed by atoms with Gasteiger partial charge < -0.3 is 10.6 Å². The van der Waals surface area contributed by atoms with Gasteiger partial charge >= 0.3 is 0 Å². The first-order chi connectivity index (χ1) is 17.0. The molecule has 3 aromatic rings. The Bertz CT molecular complexity index is 1260. The number of carbonyl (C=O) groups is 2. The number of fused-ring (bicyclic) bond motifs is 1. The molecule has 3 aromatic carbocycles. The van der Waals surface area contributed by atoms with Crippen LogP contribution < -0.4 is 16.0 Å². The predicted octanol–water partition coefficient (Wildman–Crippen LogP) is 5.45. The van der Waals surface area contributed by atoms with E-state index in [9.17, 15) is 9.59 Å². The lowest BCUT2D eigenvalue weighted by molar-refractivity contribution is -0.114. The van der Waals surface area contributed by atoms with E-state index >= 15 is 0 Å². The third-order valence-corrected chi connectivity index (χ3v) is 6.56. The van der Waals surface area contributed by atoms with Crippen molar-refractivity contribution >= 4 is 34.4 Å². The van der Waals surface area contributed by atoms with Gasteiger partial charge in [0.1, 0.15) is 0 Å². The molecular weight excluding hydrogens is 436 g/mol. The molecule has 2 heterocycles. The number of likely N-dealkylation sites (tertiary alicyclic amines) is 1. The number of carbonyl (C=O) groups excluding carboxylic acids is 2. The molecule has 178 valence electrons. The Morgan fingerprint density at radius 2 is 1.49 bits per heavy atom. The number of anilines is 3. The molecule has 0 bridgehead atoms. The van der Waals surface area contributed by atoms with E-state index < -0.39 is 5.91 Å². The Hall–Kier alpha value is -3.90. The van der Waals surface area contributed by atoms with Crippen molar-refractivity contribution in [3.8, 4) is 0 Å². The summed E-state index contributed by atoms with van der Waals surface area (Å²) in [4.78, 5) is 27.6. The smallest absolute Gasteiger partial charge is 0.260 e. The van der Waals surface area contributed by atoms with Crippen LogP contribution in [-0.2, 0) is 11.3 Å². The van der Waals surface area contributed by atoms with Crippen LogP contribution in [0, 0.1) is 6.92 Å². The first-order valence-electron chi connectivity index (χ1n) is 12.2. The van der Waals surface area contributed by atoms with Crippen LogP contribution >= 0.6 is 0 Å². The zero-order chi connectivity index (χ0) is 24.2. The molecular formula is C29H30N4O2. The highest BCUT2D eigenvalue weighted by atomic mass is 16.2. The lowest BCUT2D eigenvalue weighted by Gasteiger charge is -2.26. The van der Waals surface area contributed by atoms with Crippen molar-refractivity contribution in [1.82, 2.24) is 10.2 Å². The molecule has 0 radical (unpaired) electrons. The van der Waals surface area contributed by atoms with Crippen LogP contribution in [0.2, 0.25) is 0 Å². The summed E-state index contributed by atoms with van der Waals surface area (Å²) < 4.78 is 0. The van der Waals surface area contributed by atoms with Crippen LogP contribution in [-0.4, -0.2) is 29.8 Å². The molecule has 0 unspecified atom stereocenters. The van der Waals surface area contributed by atoms with E-state index in [2.05, 4.69) is 33.0 Å². The molecule has 35 heavy (non-hydrogen) atoms. The van der Waals surface area contributed by atoms with Gasteiger partial charge in [0.2, 0.25) is 0 Å². The highest BCUT2D eigenvalue weighted by Crippen LogP contribution is 2.29. The van der Waals surface area contributed by atoms with Gasteiger partial charge in [-0.15, -0.1) is 0 Å². The summed E-state index contributed by atoms with van der Waals surface area (Å²) in [6.45, 7) is 5.34. The number of rotatable bonds is 6. The summed E-state index contributed by atoms with van der Waals surface area (Å²) in [5.74, 6) is -0.796. The van der Waals surface area contributed by atoms with Crippen molar-refractivity contribution in [1.29, 1.82) is 0 Å². The minimum absolute atomic E-state index is 0.383. The number of aryl methyl sites for hydroxylation is 1. The molecule has 0 aromatic heterocycles. The van der Waals surface area contributed by atoms with Crippen molar-refractivity contribution in [3.63, 3.8) is 0 Å². The van der Waals surface area contributed by atoms with Crippen LogP contribution in [0.3, 0.4) is 0 Å². The topological polar surface area (TPSA) is 73.5 Å². The quantitative estimate of drug-likeness (QED) is 0.333. The summed E-state index contributed by atoms with van der Waals surface area (Å²) >= 11 is 0. The number of piperidine rings is 1. The molecule has 0 aliphatic carbocycles. The van der Waals surface area contributed by atoms with Crippen LogP contribution in [0.4, 0.5) is 17.1 Å². The Labute approximate surface area is 206 Å². The van der Waals surface area contributed by atoms with Crippen LogP contribution in [0.25, 0.3) is 5.57 Å². The highest BCUT2D eigenvalue weighted by Gasteiger charge is 2.27. The molecule has 5 rings (SSSR count). The second-order valence-electron chi connectivity index (χ2n) is 9.27. The lowest BCUT2D eigenvalue weighted by atomic mass is 9.94. The largest absolute Gasteiger partial charge is 0.361 e. The van der Waals surface area contributed by atoms with Gasteiger partial charge in [-0.05, 0) is 80.9 Å². The average molecular weight is 467 g/mol. The number of nitrogens with zero attached hydrogens (tertiary/aromatic N) is 1. The molecule has 6 heteroatoms. The Kier molecular flexibility index (Phi) is 6.64. The summed E-state index contributed by atoms with van der Waals surface area (Å²) in [6, 6.07) is 21.8. The maximum Gasteiger partial charge on any atom is 0.260 e. The Morgan fingerprint density at radius 3 is 2.23 bits per heavy atom. The number of hydrogen-bond donors (Lipinski definition) is 3. The molecule has 6 nitrogen and oxygen atoms in total. The third kappa shape index (κ3) is 5.44. The van der Waals surface area contributed by atoms with Gasteiger partial charge in [0.05, 0.1) is 5.57 Å². The van der Waals surface area contributed by atoms with E-state index in [4.69, 9.17) is 0 Å². The van der Waals surface area contributed by atoms with Gasteiger partial charge in [0.25, 0.3) is 11.8 Å². The lowest BCUT2D eigenvalue weighted by Crippen LogP contribution is -2.36. The molecule has 2 amide bonds. The molecule has 2 aliphatic heterocycles. The van der Waals surface area contributed by atoms with E-state index in [1.807, 2.05) is 55.5 Å². The first kappa shape index (κ1) is 22.9. The standard InChI is InChI=1S/C29H30N4O2/c1-20-5-9-23(10-6-20)31-24-13-14-25-26(17-24)27(29(35)32-28(25)34)18-30-22-11-7-21(8-12-22)19-33-15-3-2-4-16-33/h5-14,17-18,30-31H,2-4,15-16,19H2,1H3,(H,32,34,35). The summed E-state index contributed by atoms with van der Waals surface area (Å²) in [6.07, 6.45) is 5.57. The molecule has 1 fully saturated rings. The maximum atomic E-state index is 12.7. The second-order valence-corrected chi connectivity index (χ2v) is 9.27. The molecule has 2 aliphatic rings. The Balaban J connectivity index is 1.34. The molecule has 0 saturated carbocycles. The van der Waals surface area contributed by atoms with Gasteiger partial charge in [-0.25, -0.2) is 0 Å². The average Bonchev–Trinajstić information content (AvgIpc) is 2.87. The van der Waals surface area contributed by atoms with Gasteiger partial charge in [-0.2, -0.15) is 0 Å². The van der Waals surface area contributed by atoms with E-state index in [1.165, 1.54) is 43.5 Å². The normalized spacial score (nSPS) is 17.1. The molecule has 0 spiro atoms. The third-order valence-electron chi connectivity index (χ3n) is 6.56. The minimum Gasteiger partial charge on any atom is -0.361 e. The fourth-order valence-electron chi connectivity index (χ4n) is 4.59. The van der Waals surface area contributed by atoms with Crippen molar-refractivity contribution in [2.24, 2.45) is 0 Å². The predicted molar refractivity (Wildman–Crippen MR) is 141 cm³/mol. The molecule has 3 N–H and O–H groups in total. The number of nitrogens with one attached hydrogen (secondary N) is 3. The monoisotopic (exact) mass is 466 g/mol. The van der Waals surface area contributed by atoms with Crippen LogP contribution in [0.5, 0.6) is 0 Å². The van der Waals surface area contributed by atoms with Gasteiger partial charge in [0.15, 0.2) is 0 Å². The molecule has 0 atom stereocenters. The van der Waals surface area contributed by atoms with Gasteiger partial charge in [-0.3, -0.25) is 19.8 Å². The fourth-order valence-corrected chi connectivity index (χ4v) is 4.59. The van der Waals surface area contributed by atoms with Crippen molar-refractivity contribution in [2.45, 2.75) is 32.7 Å². The zero-order valence-electron chi connectivity index (χ0n) is 19.9. The minimum atomic E-state index is -0.413. The van der Waals surface area contributed by atoms with Gasteiger partial charge in [0, 0.05) is 40.9 Å².